The maximum atomic E-state index is 12.8. The second-order valence-corrected chi connectivity index (χ2v) is 20.7. The zero-order chi connectivity index (χ0) is 34.3. The molecule has 0 aliphatic heterocycles. The van der Waals surface area contributed by atoms with Gasteiger partial charge in [0.05, 0.1) is 25.3 Å². The van der Waals surface area contributed by atoms with E-state index < -0.39 is 51.7 Å². The molecule has 2 rings (SSSR count). The number of hydrogen-bond acceptors (Lipinski definition) is 6. The highest BCUT2D eigenvalue weighted by Gasteiger charge is 2.34. The Balaban J connectivity index is 0.000000440. The van der Waals surface area contributed by atoms with Crippen LogP contribution in [0.25, 0.3) is 0 Å². The van der Waals surface area contributed by atoms with Crippen molar-refractivity contribution in [3.63, 3.8) is 0 Å². The van der Waals surface area contributed by atoms with Crippen molar-refractivity contribution in [2.45, 2.75) is 51.6 Å². The lowest BCUT2D eigenvalue weighted by atomic mass is 10.1. The maximum Gasteiger partial charge on any atom is 0.433 e. The van der Waals surface area contributed by atoms with E-state index in [0.29, 0.717) is 0 Å². The number of hydrogen-bond donors (Lipinski definition) is 0. The van der Waals surface area contributed by atoms with Crippen LogP contribution in [-0.2, 0) is 22.0 Å². The molecule has 2 heterocycles. The normalized spacial score (nSPS) is 11.6. The third kappa shape index (κ3) is 12.1. The molecule has 0 aromatic carbocycles. The van der Waals surface area contributed by atoms with Crippen molar-refractivity contribution in [1.82, 2.24) is 20.1 Å². The Morgan fingerprint density at radius 2 is 0.955 bits per heavy atom. The highest BCUT2D eigenvalue weighted by Crippen LogP contribution is 2.29. The number of rotatable bonds is 4. The maximum absolute atomic E-state index is 12.8. The Bertz CT molecular complexity index is 1370. The smallest absolute Gasteiger partial charge is 0.274 e. The van der Waals surface area contributed by atoms with Crippen LogP contribution in [0.2, 0.25) is 39.3 Å². The zero-order valence-electron chi connectivity index (χ0n) is 26.0. The third-order valence-corrected chi connectivity index (χ3v) is 6.81. The predicted molar refractivity (Wildman–Crippen MR) is 157 cm³/mol. The van der Waals surface area contributed by atoms with E-state index in [-0.39, 0.29) is 22.5 Å². The molecule has 0 saturated heterocycles. The van der Waals surface area contributed by atoms with Crippen molar-refractivity contribution in [3.8, 4) is 22.9 Å². The van der Waals surface area contributed by atoms with E-state index in [9.17, 15) is 35.9 Å². The molecule has 2 aromatic heterocycles. The molecule has 0 N–H and O–H groups in total. The quantitative estimate of drug-likeness (QED) is 0.175. The molecule has 16 heteroatoms. The number of pyridine rings is 2. The van der Waals surface area contributed by atoms with Gasteiger partial charge in [0.25, 0.3) is 11.8 Å². The Hall–Kier alpha value is -3.71. The van der Waals surface area contributed by atoms with Crippen LogP contribution < -0.4 is 0 Å². The molecule has 0 bridgehead atoms. The molecule has 44 heavy (non-hydrogen) atoms. The fraction of sp³-hybridized carbons (Fsp3) is 0.429. The summed E-state index contributed by atoms with van der Waals surface area (Å²) < 4.78 is 76.7. The van der Waals surface area contributed by atoms with Crippen LogP contribution in [0.1, 0.15) is 43.5 Å². The lowest BCUT2D eigenvalue weighted by molar-refractivity contribution is -0.142. The van der Waals surface area contributed by atoms with E-state index in [4.69, 9.17) is 9.68 Å². The van der Waals surface area contributed by atoms with Gasteiger partial charge in [-0.15, -0.1) is 11.1 Å². The van der Waals surface area contributed by atoms with Gasteiger partial charge in [-0.3, -0.25) is 19.3 Å². The summed E-state index contributed by atoms with van der Waals surface area (Å²) in [6.07, 6.45) is -9.19. The van der Waals surface area contributed by atoms with Crippen molar-refractivity contribution in [2.24, 2.45) is 0 Å². The summed E-state index contributed by atoms with van der Waals surface area (Å²) in [5.41, 5.74) is 3.25. The van der Waals surface area contributed by atoms with Crippen LogP contribution in [0.5, 0.6) is 0 Å². The van der Waals surface area contributed by atoms with Crippen molar-refractivity contribution < 1.29 is 45.6 Å². The van der Waals surface area contributed by atoms with Gasteiger partial charge in [-0.25, -0.2) is 20.1 Å². The minimum atomic E-state index is -4.59. The lowest BCUT2D eigenvalue weighted by Gasteiger charge is -2.15. The fourth-order valence-electron chi connectivity index (χ4n) is 2.77. The summed E-state index contributed by atoms with van der Waals surface area (Å²) in [6, 6.07) is 3.66. The molecular formula is C28H34F6N4O4Si2. The van der Waals surface area contributed by atoms with E-state index >= 15 is 0 Å². The number of alkyl halides is 6. The van der Waals surface area contributed by atoms with Crippen molar-refractivity contribution >= 4 is 28.0 Å². The van der Waals surface area contributed by atoms with Gasteiger partial charge >= 0.3 is 12.4 Å². The molecule has 0 fully saturated rings. The molecule has 0 saturated carbocycles. The van der Waals surface area contributed by atoms with E-state index in [0.717, 1.165) is 34.4 Å². The minimum Gasteiger partial charge on any atom is -0.274 e. The first-order valence-corrected chi connectivity index (χ1v) is 19.8. The molecule has 8 nitrogen and oxygen atoms in total. The van der Waals surface area contributed by atoms with Crippen molar-refractivity contribution in [2.75, 3.05) is 28.3 Å². The molecule has 2 aromatic rings. The average molecular weight is 661 g/mol. The molecule has 0 spiro atoms. The summed E-state index contributed by atoms with van der Waals surface area (Å²) in [5.74, 6) is 4.03. The van der Waals surface area contributed by atoms with E-state index in [2.05, 4.69) is 32.9 Å². The number of nitrogens with zero attached hydrogens (tertiary/aromatic N) is 4. The summed E-state index contributed by atoms with van der Waals surface area (Å²) in [5, 5.41) is 1.81. The highest BCUT2D eigenvalue weighted by atomic mass is 28.3. The van der Waals surface area contributed by atoms with Crippen LogP contribution in [0.15, 0.2) is 24.3 Å². The molecule has 0 radical (unpaired) electrons. The highest BCUT2D eigenvalue weighted by molar-refractivity contribution is 6.84. The largest absolute Gasteiger partial charge is 0.433 e. The first kappa shape index (κ1) is 38.3. The number of aromatic nitrogens is 2. The topological polar surface area (TPSA) is 84.9 Å². The third-order valence-electron chi connectivity index (χ3n) is 5.06. The van der Waals surface area contributed by atoms with Crippen LogP contribution in [-0.4, -0.2) is 76.4 Å². The fourth-order valence-corrected chi connectivity index (χ4v) is 3.76. The number of amides is 2. The Morgan fingerprint density at radius 3 is 1.18 bits per heavy atom. The Kier molecular flexibility index (Phi) is 12.9. The first-order chi connectivity index (χ1) is 19.9. The Morgan fingerprint density at radius 1 is 0.659 bits per heavy atom. The lowest BCUT2D eigenvalue weighted by Crippen LogP contribution is -2.27. The van der Waals surface area contributed by atoms with Gasteiger partial charge in [-0.2, -0.15) is 26.3 Å². The van der Waals surface area contributed by atoms with Gasteiger partial charge in [-0.05, 0) is 24.3 Å². The van der Waals surface area contributed by atoms with Gasteiger partial charge in [0.2, 0.25) is 0 Å². The second-order valence-electron chi connectivity index (χ2n) is 11.2. The summed E-state index contributed by atoms with van der Waals surface area (Å²) in [6.45, 7) is 11.6. The molecule has 0 aliphatic rings. The minimum absolute atomic E-state index is 0.0249. The zero-order valence-corrected chi connectivity index (χ0v) is 28.0. The first-order valence-electron chi connectivity index (χ1n) is 12.8. The van der Waals surface area contributed by atoms with Crippen LogP contribution >= 0.6 is 0 Å². The van der Waals surface area contributed by atoms with Gasteiger partial charge < -0.3 is 0 Å². The summed E-state index contributed by atoms with van der Waals surface area (Å²) in [4.78, 5) is 40.7. The monoisotopic (exact) mass is 660 g/mol. The van der Waals surface area contributed by atoms with Gasteiger partial charge in [0.15, 0.2) is 0 Å². The SMILES string of the molecule is CON(C)C(=O)c1ccc(C(F)(F)F)nc1C#C[Si](C)(C)C.CON(C)C(=O)c1ccc(C(F)(F)F)nc1C#C[Si](C)(C)C. The van der Waals surface area contributed by atoms with Gasteiger partial charge in [0, 0.05) is 14.1 Å². The van der Waals surface area contributed by atoms with Crippen molar-refractivity contribution in [1.29, 1.82) is 0 Å². The van der Waals surface area contributed by atoms with Crippen LogP contribution in [0.3, 0.4) is 0 Å². The van der Waals surface area contributed by atoms with Crippen LogP contribution in [0, 0.1) is 22.9 Å². The molecule has 2 amide bonds. The average Bonchev–Trinajstić information content (AvgIpc) is 2.91. The van der Waals surface area contributed by atoms with E-state index in [1.54, 1.807) is 0 Å². The molecule has 0 aliphatic carbocycles. The van der Waals surface area contributed by atoms with Crippen LogP contribution in [0.4, 0.5) is 26.3 Å². The number of hydroxylamine groups is 4. The van der Waals surface area contributed by atoms with E-state index in [1.807, 2.05) is 39.3 Å². The number of carbonyl (C=O) groups is 2. The Labute approximate surface area is 254 Å². The number of carbonyl (C=O) groups excluding carboxylic acids is 2. The van der Waals surface area contributed by atoms with Gasteiger partial charge in [-0.1, -0.05) is 51.1 Å². The number of halogens is 6. The molecule has 0 atom stereocenters. The van der Waals surface area contributed by atoms with Crippen molar-refractivity contribution in [3.05, 3.63) is 58.2 Å². The summed E-state index contributed by atoms with van der Waals surface area (Å²) >= 11 is 0. The molecule has 0 unspecified atom stereocenters. The standard InChI is InChI=1S/2C14H17F3N2O2Si/c2*1-19(21-2)13(20)10-6-7-12(14(15,16)17)18-11(10)8-9-22(3,4)5/h2*6-7H,1-5H3. The summed E-state index contributed by atoms with van der Waals surface area (Å²) in [7, 11) is 1.60. The molecular weight excluding hydrogens is 626 g/mol. The predicted octanol–water partition coefficient (Wildman–Crippen LogP) is 5.93. The molecule has 240 valence electrons. The second kappa shape index (κ2) is 14.8. The van der Waals surface area contributed by atoms with E-state index in [1.165, 1.54) is 28.3 Å². The van der Waals surface area contributed by atoms with Gasteiger partial charge in [0.1, 0.15) is 38.9 Å².